The normalized spacial score (nSPS) is 14.9. The van der Waals surface area contributed by atoms with Crippen LogP contribution >= 0.6 is 11.3 Å². The predicted molar refractivity (Wildman–Crippen MR) is 112 cm³/mol. The van der Waals surface area contributed by atoms with Gasteiger partial charge in [0.25, 0.3) is 17.7 Å². The van der Waals surface area contributed by atoms with Crippen molar-refractivity contribution in [3.8, 4) is 5.75 Å². The van der Waals surface area contributed by atoms with E-state index in [1.807, 2.05) is 11.4 Å². The van der Waals surface area contributed by atoms with E-state index in [4.69, 9.17) is 4.74 Å². The maximum absolute atomic E-state index is 12.5. The molecule has 3 N–H and O–H groups in total. The van der Waals surface area contributed by atoms with Gasteiger partial charge in [0.15, 0.2) is 6.10 Å². The van der Waals surface area contributed by atoms with Gasteiger partial charge in [-0.25, -0.2) is 0 Å². The van der Waals surface area contributed by atoms with Crippen molar-refractivity contribution in [1.82, 2.24) is 0 Å². The molecule has 0 bridgehead atoms. The molecule has 0 saturated carbocycles. The minimum atomic E-state index is -0.554. The number of ether oxygens (including phenoxy) is 1. The van der Waals surface area contributed by atoms with Crippen molar-refractivity contribution < 1.29 is 19.1 Å². The molecule has 0 unspecified atom stereocenters. The fourth-order valence-electron chi connectivity index (χ4n) is 2.80. The Morgan fingerprint density at radius 2 is 1.72 bits per heavy atom. The first kappa shape index (κ1) is 18.7. The third-order valence-electron chi connectivity index (χ3n) is 4.32. The molecule has 0 spiro atoms. The first-order chi connectivity index (χ1) is 14.0. The zero-order chi connectivity index (χ0) is 20.4. The van der Waals surface area contributed by atoms with Crippen molar-refractivity contribution >= 4 is 46.1 Å². The maximum Gasteiger partial charge on any atom is 0.265 e. The SMILES string of the molecule is C[C@H]1Oc2ccc(NC(=O)c3ccc(NC(=O)c4cccs4)cc3)cc2NC1=O. The standard InChI is InChI=1S/C21H17N3O4S/c1-12-19(25)24-16-11-15(8-9-17(16)28-12)23-20(26)13-4-6-14(7-5-13)22-21(27)18-3-2-10-29-18/h2-12H,1H3,(H,22,27)(H,23,26)(H,24,25)/t12-/m1/s1. The molecule has 1 aliphatic heterocycles. The quantitative estimate of drug-likeness (QED) is 0.610. The van der Waals surface area contributed by atoms with Crippen LogP contribution in [0.2, 0.25) is 0 Å². The Hall–Kier alpha value is -3.65. The highest BCUT2D eigenvalue weighted by atomic mass is 32.1. The molecule has 3 aromatic rings. The van der Waals surface area contributed by atoms with Gasteiger partial charge in [-0.2, -0.15) is 0 Å². The molecular formula is C21H17N3O4S. The fourth-order valence-corrected chi connectivity index (χ4v) is 3.41. The summed E-state index contributed by atoms with van der Waals surface area (Å²) in [6.45, 7) is 1.67. The van der Waals surface area contributed by atoms with Crippen LogP contribution in [0, 0.1) is 0 Å². The van der Waals surface area contributed by atoms with Gasteiger partial charge in [-0.05, 0) is 60.8 Å². The summed E-state index contributed by atoms with van der Waals surface area (Å²) in [4.78, 5) is 36.9. The average Bonchev–Trinajstić information content (AvgIpc) is 3.25. The Balaban J connectivity index is 1.42. The average molecular weight is 407 g/mol. The summed E-state index contributed by atoms with van der Waals surface area (Å²) in [5.74, 6) is -0.176. The molecule has 7 nitrogen and oxygen atoms in total. The van der Waals surface area contributed by atoms with Crippen LogP contribution in [0.5, 0.6) is 5.75 Å². The Morgan fingerprint density at radius 3 is 2.45 bits per heavy atom. The van der Waals surface area contributed by atoms with Crippen LogP contribution in [-0.2, 0) is 4.79 Å². The highest BCUT2D eigenvalue weighted by Crippen LogP contribution is 2.32. The van der Waals surface area contributed by atoms with E-state index in [1.165, 1.54) is 11.3 Å². The van der Waals surface area contributed by atoms with E-state index in [2.05, 4.69) is 16.0 Å². The number of carbonyl (C=O) groups is 3. The second-order valence-corrected chi connectivity index (χ2v) is 7.37. The third-order valence-corrected chi connectivity index (χ3v) is 5.19. The van der Waals surface area contributed by atoms with Crippen LogP contribution in [0.25, 0.3) is 0 Å². The number of carbonyl (C=O) groups excluding carboxylic acids is 3. The van der Waals surface area contributed by atoms with Crippen molar-refractivity contribution in [1.29, 1.82) is 0 Å². The molecule has 0 saturated heterocycles. The molecule has 0 aliphatic carbocycles. The van der Waals surface area contributed by atoms with Gasteiger partial charge in [-0.3, -0.25) is 14.4 Å². The Labute approximate surface area is 170 Å². The van der Waals surface area contributed by atoms with Crippen LogP contribution in [-0.4, -0.2) is 23.8 Å². The van der Waals surface area contributed by atoms with Crippen LogP contribution < -0.4 is 20.7 Å². The number of anilines is 3. The van der Waals surface area contributed by atoms with Crippen molar-refractivity contribution in [2.24, 2.45) is 0 Å². The maximum atomic E-state index is 12.5. The van der Waals surface area contributed by atoms with E-state index in [0.717, 1.165) is 0 Å². The first-order valence-electron chi connectivity index (χ1n) is 8.87. The molecule has 1 aromatic heterocycles. The lowest BCUT2D eigenvalue weighted by atomic mass is 10.1. The summed E-state index contributed by atoms with van der Waals surface area (Å²) in [5, 5.41) is 10.2. The van der Waals surface area contributed by atoms with E-state index in [0.29, 0.717) is 33.3 Å². The third kappa shape index (κ3) is 4.12. The van der Waals surface area contributed by atoms with Crippen LogP contribution in [0.4, 0.5) is 17.1 Å². The minimum absolute atomic E-state index is 0.190. The minimum Gasteiger partial charge on any atom is -0.479 e. The molecule has 8 heteroatoms. The van der Waals surface area contributed by atoms with Crippen LogP contribution in [0.15, 0.2) is 60.0 Å². The number of thiophene rings is 1. The van der Waals surface area contributed by atoms with Crippen molar-refractivity contribution in [2.75, 3.05) is 16.0 Å². The molecule has 0 fully saturated rings. The van der Waals surface area contributed by atoms with Crippen LogP contribution in [0.1, 0.15) is 27.0 Å². The Kier molecular flexibility index (Phi) is 5.01. The lowest BCUT2D eigenvalue weighted by Gasteiger charge is -2.23. The predicted octanol–water partition coefficient (Wildman–Crippen LogP) is 3.97. The Bertz CT molecular complexity index is 1080. The van der Waals surface area contributed by atoms with Gasteiger partial charge >= 0.3 is 0 Å². The largest absolute Gasteiger partial charge is 0.479 e. The lowest BCUT2D eigenvalue weighted by molar-refractivity contribution is -0.122. The molecule has 3 amide bonds. The summed E-state index contributed by atoms with van der Waals surface area (Å²) in [7, 11) is 0. The van der Waals surface area contributed by atoms with E-state index >= 15 is 0 Å². The number of nitrogens with one attached hydrogen (secondary N) is 3. The van der Waals surface area contributed by atoms with E-state index < -0.39 is 6.10 Å². The number of hydrogen-bond acceptors (Lipinski definition) is 5. The second kappa shape index (κ2) is 7.76. The lowest BCUT2D eigenvalue weighted by Crippen LogP contribution is -2.34. The van der Waals surface area contributed by atoms with Crippen molar-refractivity contribution in [3.63, 3.8) is 0 Å². The molecular weight excluding hydrogens is 390 g/mol. The first-order valence-corrected chi connectivity index (χ1v) is 9.75. The van der Waals surface area contributed by atoms with Crippen LogP contribution in [0.3, 0.4) is 0 Å². The van der Waals surface area contributed by atoms with Gasteiger partial charge in [-0.1, -0.05) is 6.07 Å². The summed E-state index contributed by atoms with van der Waals surface area (Å²) < 4.78 is 5.50. The highest BCUT2D eigenvalue weighted by molar-refractivity contribution is 7.12. The summed E-state index contributed by atoms with van der Waals surface area (Å²) in [6.07, 6.45) is -0.554. The van der Waals surface area contributed by atoms with E-state index in [9.17, 15) is 14.4 Å². The molecule has 1 atom stereocenters. The van der Waals surface area contributed by atoms with Gasteiger partial charge in [-0.15, -0.1) is 11.3 Å². The Morgan fingerprint density at radius 1 is 1.00 bits per heavy atom. The number of hydrogen-bond donors (Lipinski definition) is 3. The van der Waals surface area contributed by atoms with Crippen molar-refractivity contribution in [2.45, 2.75) is 13.0 Å². The summed E-state index contributed by atoms with van der Waals surface area (Å²) in [6, 6.07) is 15.2. The molecule has 0 radical (unpaired) electrons. The fraction of sp³-hybridized carbons (Fsp3) is 0.0952. The van der Waals surface area contributed by atoms with Gasteiger partial charge in [0, 0.05) is 16.9 Å². The van der Waals surface area contributed by atoms with E-state index in [-0.39, 0.29) is 17.7 Å². The zero-order valence-electron chi connectivity index (χ0n) is 15.4. The highest BCUT2D eigenvalue weighted by Gasteiger charge is 2.23. The number of benzene rings is 2. The molecule has 146 valence electrons. The second-order valence-electron chi connectivity index (χ2n) is 6.42. The monoisotopic (exact) mass is 407 g/mol. The molecule has 29 heavy (non-hydrogen) atoms. The number of fused-ring (bicyclic) bond motifs is 1. The van der Waals surface area contributed by atoms with Crippen molar-refractivity contribution in [3.05, 3.63) is 70.4 Å². The molecule has 2 aromatic carbocycles. The summed E-state index contributed by atoms with van der Waals surface area (Å²) in [5.41, 5.74) is 2.08. The molecule has 1 aliphatic rings. The smallest absolute Gasteiger partial charge is 0.265 e. The topological polar surface area (TPSA) is 96.5 Å². The van der Waals surface area contributed by atoms with E-state index in [1.54, 1.807) is 55.5 Å². The van der Waals surface area contributed by atoms with Gasteiger partial charge in [0.2, 0.25) is 0 Å². The zero-order valence-corrected chi connectivity index (χ0v) is 16.2. The van der Waals surface area contributed by atoms with Gasteiger partial charge < -0.3 is 20.7 Å². The van der Waals surface area contributed by atoms with Gasteiger partial charge in [0.1, 0.15) is 5.75 Å². The number of rotatable bonds is 4. The molecule has 4 rings (SSSR count). The number of amides is 3. The summed E-state index contributed by atoms with van der Waals surface area (Å²) >= 11 is 1.36. The molecule has 2 heterocycles. The van der Waals surface area contributed by atoms with Gasteiger partial charge in [0.05, 0.1) is 10.6 Å².